The van der Waals surface area contributed by atoms with E-state index in [2.05, 4.69) is 42.2 Å². The standard InChI is InChI=1S/C9H9BrClNO2.C7H4BrClO2.C2H7NO.ClH/c1-12(14-2)9(13)7-4-3-6(10)5-8(7)11;8-4-1-2-5(7(10)11)6(9)3-4;1-3-4-2;/h3-5H,1-2H3;1-3H,(H,10,11);3H,1-2H3;1H. The first-order chi connectivity index (χ1) is 13.6. The smallest absolute Gasteiger partial charge is 0.337 e. The van der Waals surface area contributed by atoms with E-state index < -0.39 is 5.97 Å². The highest BCUT2D eigenvalue weighted by atomic mass is 79.9. The zero-order valence-corrected chi connectivity index (χ0v) is 21.9. The average molecular weight is 612 g/mol. The van der Waals surface area contributed by atoms with Crippen LogP contribution in [0.4, 0.5) is 0 Å². The summed E-state index contributed by atoms with van der Waals surface area (Å²) in [7, 11) is 6.23. The molecule has 0 bridgehead atoms. The number of amides is 1. The molecule has 2 aromatic rings. The van der Waals surface area contributed by atoms with Crippen LogP contribution in [-0.2, 0) is 9.68 Å². The second kappa shape index (κ2) is 16.7. The summed E-state index contributed by atoms with van der Waals surface area (Å²) in [4.78, 5) is 31.1. The van der Waals surface area contributed by atoms with Gasteiger partial charge in [0.1, 0.15) is 0 Å². The van der Waals surface area contributed by atoms with Crippen molar-refractivity contribution in [1.29, 1.82) is 0 Å². The van der Waals surface area contributed by atoms with Crippen molar-refractivity contribution >= 4 is 79.3 Å². The molecule has 0 spiro atoms. The van der Waals surface area contributed by atoms with E-state index in [1.165, 1.54) is 20.2 Å². The van der Waals surface area contributed by atoms with Gasteiger partial charge in [0.25, 0.3) is 5.91 Å². The number of carbonyl (C=O) groups excluding carboxylic acids is 1. The van der Waals surface area contributed by atoms with Gasteiger partial charge in [-0.1, -0.05) is 55.1 Å². The molecule has 0 saturated carbocycles. The molecule has 1 amide bonds. The number of hydroxylamine groups is 3. The molecule has 0 heterocycles. The summed E-state index contributed by atoms with van der Waals surface area (Å²) < 4.78 is 1.60. The van der Waals surface area contributed by atoms with Crippen LogP contribution in [0.15, 0.2) is 45.3 Å². The van der Waals surface area contributed by atoms with Crippen LogP contribution in [0.5, 0.6) is 0 Å². The number of nitrogens with one attached hydrogen (secondary N) is 1. The fraction of sp³-hybridized carbons (Fsp3) is 0.222. The van der Waals surface area contributed by atoms with E-state index in [1.807, 2.05) is 0 Å². The quantitative estimate of drug-likeness (QED) is 0.430. The van der Waals surface area contributed by atoms with Crippen LogP contribution in [0, 0.1) is 0 Å². The number of carboxylic acids is 1. The Kier molecular flexibility index (Phi) is 17.5. The fourth-order valence-corrected chi connectivity index (χ4v) is 3.09. The summed E-state index contributed by atoms with van der Waals surface area (Å²) in [6, 6.07) is 9.69. The minimum absolute atomic E-state index is 0. The van der Waals surface area contributed by atoms with Gasteiger partial charge in [0.2, 0.25) is 0 Å². The molecule has 0 atom stereocenters. The van der Waals surface area contributed by atoms with E-state index in [0.29, 0.717) is 10.6 Å². The number of carbonyl (C=O) groups is 2. The van der Waals surface area contributed by atoms with Gasteiger partial charge in [-0.25, -0.2) is 15.3 Å². The SMILES string of the molecule is CNOC.CON(C)C(=O)c1ccc(Br)cc1Cl.Cl.O=C(O)c1ccc(Br)cc1Cl. The van der Waals surface area contributed by atoms with Crippen LogP contribution in [0.3, 0.4) is 0 Å². The third-order valence-corrected chi connectivity index (χ3v) is 4.70. The van der Waals surface area contributed by atoms with Crippen LogP contribution in [0.25, 0.3) is 0 Å². The maximum Gasteiger partial charge on any atom is 0.337 e. The van der Waals surface area contributed by atoms with E-state index in [1.54, 1.807) is 44.5 Å². The number of nitrogens with zero attached hydrogens (tertiary/aromatic N) is 1. The molecule has 2 aromatic carbocycles. The summed E-state index contributed by atoms with van der Waals surface area (Å²) in [6.45, 7) is 0. The molecule has 0 aliphatic rings. The van der Waals surface area contributed by atoms with E-state index in [0.717, 1.165) is 14.0 Å². The lowest BCUT2D eigenvalue weighted by Gasteiger charge is -2.14. The van der Waals surface area contributed by atoms with Gasteiger partial charge in [-0.05, 0) is 36.4 Å². The average Bonchev–Trinajstić information content (AvgIpc) is 2.67. The summed E-state index contributed by atoms with van der Waals surface area (Å²) in [5.41, 5.74) is 2.97. The third-order valence-electron chi connectivity index (χ3n) is 3.09. The first-order valence-electron chi connectivity index (χ1n) is 7.74. The highest BCUT2D eigenvalue weighted by Gasteiger charge is 2.14. The Hall–Kier alpha value is -0.910. The predicted molar refractivity (Wildman–Crippen MR) is 128 cm³/mol. The number of rotatable bonds is 4. The number of hydrogen-bond acceptors (Lipinski definition) is 5. The minimum Gasteiger partial charge on any atom is -0.478 e. The van der Waals surface area contributed by atoms with Crippen molar-refractivity contribution in [3.05, 3.63) is 66.5 Å². The Balaban J connectivity index is 0. The second-order valence-electron chi connectivity index (χ2n) is 4.95. The number of benzene rings is 2. The molecular formula is C18H21Br2Cl3N2O5. The van der Waals surface area contributed by atoms with Gasteiger partial charge in [-0.15, -0.1) is 12.4 Å². The summed E-state index contributed by atoms with van der Waals surface area (Å²) in [5.74, 6) is -1.28. The molecule has 0 aliphatic carbocycles. The molecule has 0 unspecified atom stereocenters. The minimum atomic E-state index is -1.01. The maximum absolute atomic E-state index is 11.6. The molecule has 2 N–H and O–H groups in total. The number of aromatic carboxylic acids is 1. The second-order valence-corrected chi connectivity index (χ2v) is 7.59. The first kappa shape index (κ1) is 31.3. The van der Waals surface area contributed by atoms with Crippen molar-refractivity contribution in [2.75, 3.05) is 28.3 Å². The molecule has 0 aliphatic heterocycles. The van der Waals surface area contributed by atoms with Gasteiger partial charge < -0.3 is 9.94 Å². The number of carboxylic acid groups (broad SMARTS) is 1. The highest BCUT2D eigenvalue weighted by Crippen LogP contribution is 2.22. The van der Waals surface area contributed by atoms with Crippen LogP contribution >= 0.6 is 67.5 Å². The summed E-state index contributed by atoms with van der Waals surface area (Å²) in [5, 5.41) is 10.3. The van der Waals surface area contributed by atoms with E-state index in [-0.39, 0.29) is 28.9 Å². The molecule has 0 saturated heterocycles. The Morgan fingerprint density at radius 2 is 1.40 bits per heavy atom. The molecule has 0 radical (unpaired) electrons. The van der Waals surface area contributed by atoms with Crippen LogP contribution in [0.1, 0.15) is 20.7 Å². The van der Waals surface area contributed by atoms with Gasteiger partial charge in [0, 0.05) is 23.0 Å². The lowest BCUT2D eigenvalue weighted by Crippen LogP contribution is -2.25. The van der Waals surface area contributed by atoms with Crippen LogP contribution in [-0.4, -0.2) is 50.4 Å². The molecule has 30 heavy (non-hydrogen) atoms. The Morgan fingerprint density at radius 3 is 1.70 bits per heavy atom. The fourth-order valence-electron chi connectivity index (χ4n) is 1.58. The van der Waals surface area contributed by atoms with Gasteiger partial charge in [-0.2, -0.15) is 0 Å². The van der Waals surface area contributed by atoms with Crippen LogP contribution < -0.4 is 5.48 Å². The topological polar surface area (TPSA) is 88.1 Å². The zero-order valence-electron chi connectivity index (χ0n) is 16.4. The van der Waals surface area contributed by atoms with Crippen molar-refractivity contribution in [2.45, 2.75) is 0 Å². The molecule has 168 valence electrons. The van der Waals surface area contributed by atoms with E-state index in [4.69, 9.17) is 33.1 Å². The molecule has 2 rings (SSSR count). The van der Waals surface area contributed by atoms with Gasteiger partial charge in [-0.3, -0.25) is 9.63 Å². The Morgan fingerprint density at radius 1 is 1.00 bits per heavy atom. The van der Waals surface area contributed by atoms with Gasteiger partial charge >= 0.3 is 5.97 Å². The Labute approximate surface area is 208 Å². The lowest BCUT2D eigenvalue weighted by atomic mass is 10.2. The number of halogens is 5. The zero-order chi connectivity index (χ0) is 22.6. The largest absolute Gasteiger partial charge is 0.478 e. The molecule has 0 aromatic heterocycles. The molecule has 7 nitrogen and oxygen atoms in total. The highest BCUT2D eigenvalue weighted by molar-refractivity contribution is 9.10. The molecular weight excluding hydrogens is 590 g/mol. The predicted octanol–water partition coefficient (Wildman–Crippen LogP) is 5.73. The molecule has 12 heteroatoms. The molecule has 0 fully saturated rings. The first-order valence-corrected chi connectivity index (χ1v) is 10.1. The van der Waals surface area contributed by atoms with Crippen molar-refractivity contribution in [2.24, 2.45) is 0 Å². The number of hydrogen-bond donors (Lipinski definition) is 2. The van der Waals surface area contributed by atoms with Crippen molar-refractivity contribution in [3.8, 4) is 0 Å². The van der Waals surface area contributed by atoms with Gasteiger partial charge in [0.05, 0.1) is 35.4 Å². The third kappa shape index (κ3) is 11.5. The Bertz CT molecular complexity index is 826. The van der Waals surface area contributed by atoms with Crippen molar-refractivity contribution in [3.63, 3.8) is 0 Å². The monoisotopic (exact) mass is 608 g/mol. The normalized spacial score (nSPS) is 9.20. The maximum atomic E-state index is 11.6. The van der Waals surface area contributed by atoms with Gasteiger partial charge in [0.15, 0.2) is 0 Å². The summed E-state index contributed by atoms with van der Waals surface area (Å²) >= 11 is 17.9. The van der Waals surface area contributed by atoms with Crippen LogP contribution in [0.2, 0.25) is 10.0 Å². The van der Waals surface area contributed by atoms with E-state index >= 15 is 0 Å². The van der Waals surface area contributed by atoms with E-state index in [9.17, 15) is 9.59 Å². The summed E-state index contributed by atoms with van der Waals surface area (Å²) in [6.07, 6.45) is 0. The lowest BCUT2D eigenvalue weighted by molar-refractivity contribution is -0.0756. The van der Waals surface area contributed by atoms with Crippen molar-refractivity contribution in [1.82, 2.24) is 10.5 Å². The van der Waals surface area contributed by atoms with Crippen molar-refractivity contribution < 1.29 is 24.4 Å².